The van der Waals surface area contributed by atoms with E-state index in [4.69, 9.17) is 0 Å². The van der Waals surface area contributed by atoms with E-state index in [2.05, 4.69) is 57.1 Å². The summed E-state index contributed by atoms with van der Waals surface area (Å²) in [7, 11) is 0. The van der Waals surface area contributed by atoms with Crippen LogP contribution in [-0.2, 0) is 6.54 Å². The number of hydrogen-bond donors (Lipinski definition) is 1. The van der Waals surface area contributed by atoms with Gasteiger partial charge in [0.1, 0.15) is 0 Å². The molecule has 1 spiro atoms. The maximum atomic E-state index is 4.56. The summed E-state index contributed by atoms with van der Waals surface area (Å²) in [5.41, 5.74) is 1.71. The Labute approximate surface area is 136 Å². The van der Waals surface area contributed by atoms with Crippen molar-refractivity contribution in [2.45, 2.75) is 63.6 Å². The molecule has 1 aromatic heterocycles. The van der Waals surface area contributed by atoms with E-state index in [1.807, 2.05) is 6.20 Å². The lowest BCUT2D eigenvalue weighted by molar-refractivity contribution is 0.00406. The summed E-state index contributed by atoms with van der Waals surface area (Å²) in [6.07, 6.45) is 8.71. The highest BCUT2D eigenvalue weighted by Crippen LogP contribution is 2.35. The van der Waals surface area contributed by atoms with Crippen LogP contribution >= 0.6 is 15.9 Å². The Bertz CT molecular complexity index is 477. The molecule has 2 fully saturated rings. The second-order valence-electron chi connectivity index (χ2n) is 7.33. The van der Waals surface area contributed by atoms with Crippen LogP contribution < -0.4 is 5.32 Å². The molecule has 4 heteroatoms. The van der Waals surface area contributed by atoms with E-state index in [9.17, 15) is 0 Å². The second-order valence-corrected chi connectivity index (χ2v) is 8.25. The molecule has 1 aromatic rings. The molecule has 3 nitrogen and oxygen atoms in total. The van der Waals surface area contributed by atoms with Crippen molar-refractivity contribution in [3.63, 3.8) is 0 Å². The third kappa shape index (κ3) is 3.49. The van der Waals surface area contributed by atoms with E-state index < -0.39 is 0 Å². The van der Waals surface area contributed by atoms with Crippen molar-refractivity contribution in [1.82, 2.24) is 15.2 Å². The molecule has 2 aliphatic rings. The molecule has 1 saturated heterocycles. The number of piperazine rings is 1. The minimum atomic E-state index is 0.192. The minimum Gasteiger partial charge on any atom is -0.308 e. The van der Waals surface area contributed by atoms with Gasteiger partial charge in [0, 0.05) is 41.4 Å². The molecule has 3 rings (SSSR count). The van der Waals surface area contributed by atoms with Crippen molar-refractivity contribution in [2.24, 2.45) is 0 Å². The van der Waals surface area contributed by atoms with Crippen LogP contribution in [0.15, 0.2) is 22.8 Å². The summed E-state index contributed by atoms with van der Waals surface area (Å²) in [6.45, 7) is 7.86. The van der Waals surface area contributed by atoms with Gasteiger partial charge in [-0.25, -0.2) is 0 Å². The SMILES string of the molecule is CC1(C)CNC2(CCCCC2)CN1Cc1ccc(Br)cn1. The van der Waals surface area contributed by atoms with Crippen molar-refractivity contribution in [3.8, 4) is 0 Å². The Morgan fingerprint density at radius 1 is 1.24 bits per heavy atom. The standard InChI is InChI=1S/C17H26BrN3/c1-16(2)12-20-17(8-4-3-5-9-17)13-21(16)11-15-7-6-14(18)10-19-15/h6-7,10,20H,3-5,8-9,11-13H2,1-2H3. The monoisotopic (exact) mass is 351 g/mol. The van der Waals surface area contributed by atoms with Gasteiger partial charge in [0.25, 0.3) is 0 Å². The van der Waals surface area contributed by atoms with Gasteiger partial charge >= 0.3 is 0 Å². The Morgan fingerprint density at radius 2 is 2.00 bits per heavy atom. The van der Waals surface area contributed by atoms with Gasteiger partial charge in [0.15, 0.2) is 0 Å². The van der Waals surface area contributed by atoms with Crippen LogP contribution in [0.2, 0.25) is 0 Å². The van der Waals surface area contributed by atoms with Gasteiger partial charge in [-0.1, -0.05) is 19.3 Å². The number of hydrogen-bond acceptors (Lipinski definition) is 3. The molecular weight excluding hydrogens is 326 g/mol. The summed E-state index contributed by atoms with van der Waals surface area (Å²) in [5.74, 6) is 0. The molecule has 116 valence electrons. The molecular formula is C17H26BrN3. The highest BCUT2D eigenvalue weighted by atomic mass is 79.9. The third-order valence-electron chi connectivity index (χ3n) is 5.20. The average molecular weight is 352 g/mol. The minimum absolute atomic E-state index is 0.192. The third-order valence-corrected chi connectivity index (χ3v) is 5.67. The van der Waals surface area contributed by atoms with Crippen LogP contribution in [0.3, 0.4) is 0 Å². The summed E-state index contributed by atoms with van der Waals surface area (Å²) in [4.78, 5) is 7.19. The number of aromatic nitrogens is 1. The van der Waals surface area contributed by atoms with Crippen LogP contribution in [-0.4, -0.2) is 34.1 Å². The molecule has 1 aliphatic heterocycles. The fourth-order valence-corrected chi connectivity index (χ4v) is 3.91. The molecule has 0 amide bonds. The number of halogens is 1. The zero-order valence-corrected chi connectivity index (χ0v) is 14.7. The van der Waals surface area contributed by atoms with Crippen LogP contribution in [0.5, 0.6) is 0 Å². The highest BCUT2D eigenvalue weighted by molar-refractivity contribution is 9.10. The van der Waals surface area contributed by atoms with Crippen molar-refractivity contribution in [2.75, 3.05) is 13.1 Å². The summed E-state index contributed by atoms with van der Waals surface area (Å²) < 4.78 is 1.05. The first-order chi connectivity index (χ1) is 9.99. The van der Waals surface area contributed by atoms with Crippen LogP contribution in [0.1, 0.15) is 51.6 Å². The predicted octanol–water partition coefficient (Wildman–Crippen LogP) is 3.73. The first kappa shape index (κ1) is 15.4. The fraction of sp³-hybridized carbons (Fsp3) is 0.706. The van der Waals surface area contributed by atoms with Gasteiger partial charge in [-0.2, -0.15) is 0 Å². The zero-order chi connectivity index (χ0) is 14.9. The van der Waals surface area contributed by atoms with Crippen LogP contribution in [0, 0.1) is 0 Å². The van der Waals surface area contributed by atoms with Gasteiger partial charge in [-0.05, 0) is 54.8 Å². The second kappa shape index (κ2) is 5.98. The van der Waals surface area contributed by atoms with Gasteiger partial charge in [-0.3, -0.25) is 9.88 Å². The van der Waals surface area contributed by atoms with Crippen LogP contribution in [0.4, 0.5) is 0 Å². The number of pyridine rings is 1. The zero-order valence-electron chi connectivity index (χ0n) is 13.2. The Balaban J connectivity index is 1.75. The highest BCUT2D eigenvalue weighted by Gasteiger charge is 2.43. The molecule has 0 bridgehead atoms. The topological polar surface area (TPSA) is 28.2 Å². The van der Waals surface area contributed by atoms with E-state index in [1.165, 1.54) is 37.8 Å². The van der Waals surface area contributed by atoms with Crippen LogP contribution in [0.25, 0.3) is 0 Å². The van der Waals surface area contributed by atoms with E-state index in [0.717, 1.165) is 24.1 Å². The molecule has 21 heavy (non-hydrogen) atoms. The quantitative estimate of drug-likeness (QED) is 0.879. The maximum absolute atomic E-state index is 4.56. The van der Waals surface area contributed by atoms with Crippen molar-refractivity contribution in [3.05, 3.63) is 28.5 Å². The molecule has 1 N–H and O–H groups in total. The molecule has 0 aromatic carbocycles. The average Bonchev–Trinajstić information content (AvgIpc) is 2.47. The Kier molecular flexibility index (Phi) is 4.40. The van der Waals surface area contributed by atoms with Gasteiger partial charge in [-0.15, -0.1) is 0 Å². The lowest BCUT2D eigenvalue weighted by Crippen LogP contribution is -2.68. The summed E-state index contributed by atoms with van der Waals surface area (Å²) in [6, 6.07) is 4.23. The van der Waals surface area contributed by atoms with Gasteiger partial charge in [0.05, 0.1) is 5.69 Å². The number of rotatable bonds is 2. The molecule has 1 aliphatic carbocycles. The first-order valence-electron chi connectivity index (χ1n) is 8.10. The summed E-state index contributed by atoms with van der Waals surface area (Å²) in [5, 5.41) is 3.88. The van der Waals surface area contributed by atoms with E-state index >= 15 is 0 Å². The van der Waals surface area contributed by atoms with E-state index in [0.29, 0.717) is 5.54 Å². The lowest BCUT2D eigenvalue weighted by Gasteiger charge is -2.53. The first-order valence-corrected chi connectivity index (χ1v) is 8.89. The molecule has 1 saturated carbocycles. The van der Waals surface area contributed by atoms with Gasteiger partial charge in [0.2, 0.25) is 0 Å². The smallest absolute Gasteiger partial charge is 0.0545 e. The summed E-state index contributed by atoms with van der Waals surface area (Å²) >= 11 is 3.46. The maximum Gasteiger partial charge on any atom is 0.0545 e. The Morgan fingerprint density at radius 3 is 2.67 bits per heavy atom. The fourth-order valence-electron chi connectivity index (χ4n) is 3.68. The lowest BCUT2D eigenvalue weighted by atomic mass is 9.77. The van der Waals surface area contributed by atoms with E-state index in [-0.39, 0.29) is 5.54 Å². The largest absolute Gasteiger partial charge is 0.308 e. The van der Waals surface area contributed by atoms with E-state index in [1.54, 1.807) is 0 Å². The molecule has 0 unspecified atom stereocenters. The van der Waals surface area contributed by atoms with Crippen molar-refractivity contribution in [1.29, 1.82) is 0 Å². The molecule has 2 heterocycles. The number of nitrogens with zero attached hydrogens (tertiary/aromatic N) is 2. The normalized spacial score (nSPS) is 25.1. The Hall–Kier alpha value is -0.450. The van der Waals surface area contributed by atoms with Crippen molar-refractivity contribution < 1.29 is 0 Å². The van der Waals surface area contributed by atoms with Gasteiger partial charge < -0.3 is 5.32 Å². The predicted molar refractivity (Wildman–Crippen MR) is 90.2 cm³/mol. The number of nitrogens with one attached hydrogen (secondary N) is 1. The molecule has 0 radical (unpaired) electrons. The van der Waals surface area contributed by atoms with Crippen molar-refractivity contribution >= 4 is 15.9 Å². The molecule has 0 atom stereocenters.